The zero-order chi connectivity index (χ0) is 25.8. The van der Waals surface area contributed by atoms with Crippen LogP contribution in [-0.2, 0) is 16.1 Å². The molecule has 2 aliphatic heterocycles. The largest absolute Gasteiger partial charge is 0.353 e. The highest BCUT2D eigenvalue weighted by Crippen LogP contribution is 2.38. The number of hydrogen-bond donors (Lipinski definition) is 1. The van der Waals surface area contributed by atoms with Gasteiger partial charge in [-0.25, -0.2) is 4.39 Å². The van der Waals surface area contributed by atoms with Crippen LogP contribution >= 0.6 is 0 Å². The molecule has 8 heteroatoms. The number of rotatable bonds is 5. The van der Waals surface area contributed by atoms with Crippen LogP contribution in [0.2, 0.25) is 0 Å². The number of amides is 3. The lowest BCUT2D eigenvalue weighted by Gasteiger charge is -2.44. The summed E-state index contributed by atoms with van der Waals surface area (Å²) >= 11 is 0. The van der Waals surface area contributed by atoms with Crippen LogP contribution < -0.4 is 5.32 Å². The molecule has 0 saturated carbocycles. The molecule has 190 valence electrons. The van der Waals surface area contributed by atoms with E-state index < -0.39 is 17.6 Å². The first-order valence-electron chi connectivity index (χ1n) is 12.4. The number of piperidine rings is 1. The minimum atomic E-state index is -0.999. The SMILES string of the molecule is O=C(NCc1ccccc1)[C@@H]1COC2(CCN(C(=O)c3ccc(F)cc3)CC2)N1C(=O)c1ccccc1. The summed E-state index contributed by atoms with van der Waals surface area (Å²) in [6, 6.07) is 23.1. The Morgan fingerprint density at radius 3 is 2.08 bits per heavy atom. The lowest BCUT2D eigenvalue weighted by Crippen LogP contribution is -2.59. The van der Waals surface area contributed by atoms with E-state index in [1.807, 2.05) is 36.4 Å². The topological polar surface area (TPSA) is 79.0 Å². The van der Waals surface area contributed by atoms with E-state index in [-0.39, 0.29) is 24.3 Å². The molecule has 37 heavy (non-hydrogen) atoms. The fourth-order valence-electron chi connectivity index (χ4n) is 5.02. The minimum absolute atomic E-state index is 0.0745. The summed E-state index contributed by atoms with van der Waals surface area (Å²) in [5.74, 6) is -1.17. The van der Waals surface area contributed by atoms with Gasteiger partial charge in [0, 0.05) is 43.6 Å². The molecule has 0 bridgehead atoms. The Kier molecular flexibility index (Phi) is 7.01. The van der Waals surface area contributed by atoms with Crippen molar-refractivity contribution in [1.82, 2.24) is 15.1 Å². The van der Waals surface area contributed by atoms with Gasteiger partial charge in [-0.05, 0) is 42.0 Å². The average Bonchev–Trinajstić information content (AvgIpc) is 3.31. The van der Waals surface area contributed by atoms with Crippen molar-refractivity contribution in [1.29, 1.82) is 0 Å². The molecular weight excluding hydrogens is 473 g/mol. The van der Waals surface area contributed by atoms with Crippen LogP contribution in [0.15, 0.2) is 84.9 Å². The molecule has 0 aromatic heterocycles. The molecular formula is C29H28FN3O4. The maximum atomic E-state index is 13.7. The minimum Gasteiger partial charge on any atom is -0.353 e. The van der Waals surface area contributed by atoms with Crippen molar-refractivity contribution in [3.63, 3.8) is 0 Å². The molecule has 1 N–H and O–H groups in total. The van der Waals surface area contributed by atoms with Gasteiger partial charge in [0.15, 0.2) is 0 Å². The van der Waals surface area contributed by atoms with E-state index in [4.69, 9.17) is 4.74 Å². The van der Waals surface area contributed by atoms with Gasteiger partial charge in [-0.15, -0.1) is 0 Å². The van der Waals surface area contributed by atoms with Gasteiger partial charge in [0.25, 0.3) is 11.8 Å². The summed E-state index contributed by atoms with van der Waals surface area (Å²) in [5.41, 5.74) is 0.831. The van der Waals surface area contributed by atoms with Crippen molar-refractivity contribution in [2.45, 2.75) is 31.2 Å². The third-order valence-electron chi connectivity index (χ3n) is 7.04. The zero-order valence-corrected chi connectivity index (χ0v) is 20.3. The maximum absolute atomic E-state index is 13.7. The van der Waals surface area contributed by atoms with Gasteiger partial charge in [0.05, 0.1) is 6.61 Å². The molecule has 1 atom stereocenters. The summed E-state index contributed by atoms with van der Waals surface area (Å²) in [6.07, 6.45) is 0.724. The van der Waals surface area contributed by atoms with E-state index in [2.05, 4.69) is 5.32 Å². The summed E-state index contributed by atoms with van der Waals surface area (Å²) in [7, 11) is 0. The Morgan fingerprint density at radius 1 is 0.838 bits per heavy atom. The molecule has 0 aliphatic carbocycles. The molecule has 2 fully saturated rings. The third-order valence-corrected chi connectivity index (χ3v) is 7.04. The molecule has 5 rings (SSSR count). The molecule has 1 spiro atoms. The number of likely N-dealkylation sites (tertiary alicyclic amines) is 1. The van der Waals surface area contributed by atoms with Crippen molar-refractivity contribution in [3.05, 3.63) is 107 Å². The molecule has 0 unspecified atom stereocenters. The van der Waals surface area contributed by atoms with Crippen molar-refractivity contribution in [3.8, 4) is 0 Å². The second-order valence-electron chi connectivity index (χ2n) is 9.32. The molecule has 0 radical (unpaired) electrons. The number of nitrogens with one attached hydrogen (secondary N) is 1. The van der Waals surface area contributed by atoms with Crippen LogP contribution in [0.25, 0.3) is 0 Å². The molecule has 2 heterocycles. The first-order valence-corrected chi connectivity index (χ1v) is 12.4. The van der Waals surface area contributed by atoms with E-state index >= 15 is 0 Å². The average molecular weight is 502 g/mol. The second-order valence-corrected chi connectivity index (χ2v) is 9.32. The molecule has 3 amide bonds. The standard InChI is InChI=1S/C29H28FN3O4/c30-24-13-11-23(12-14-24)27(35)32-17-15-29(16-18-32)33(28(36)22-9-5-2-6-10-22)25(20-37-29)26(34)31-19-21-7-3-1-4-8-21/h1-14,25H,15-20H2,(H,31,34)/t25-/m0/s1. The Balaban J connectivity index is 1.34. The lowest BCUT2D eigenvalue weighted by atomic mass is 9.96. The highest BCUT2D eigenvalue weighted by atomic mass is 19.1. The zero-order valence-electron chi connectivity index (χ0n) is 20.3. The monoisotopic (exact) mass is 501 g/mol. The van der Waals surface area contributed by atoms with E-state index in [1.54, 1.807) is 34.1 Å². The van der Waals surface area contributed by atoms with E-state index in [1.165, 1.54) is 24.3 Å². The Hall–Kier alpha value is -4.04. The number of halogens is 1. The number of benzene rings is 3. The second kappa shape index (κ2) is 10.5. The van der Waals surface area contributed by atoms with Crippen LogP contribution in [0.5, 0.6) is 0 Å². The summed E-state index contributed by atoms with van der Waals surface area (Å²) in [5, 5.41) is 2.94. The molecule has 3 aromatic rings. The number of hydrogen-bond acceptors (Lipinski definition) is 4. The summed E-state index contributed by atoms with van der Waals surface area (Å²) in [6.45, 7) is 1.10. The fourth-order valence-corrected chi connectivity index (χ4v) is 5.02. The van der Waals surface area contributed by atoms with E-state index in [0.717, 1.165) is 5.56 Å². The van der Waals surface area contributed by atoms with Gasteiger partial charge in [0.2, 0.25) is 5.91 Å². The smallest absolute Gasteiger partial charge is 0.256 e. The quantitative estimate of drug-likeness (QED) is 0.579. The normalized spacial score (nSPS) is 18.6. The highest BCUT2D eigenvalue weighted by molar-refractivity contribution is 5.98. The lowest BCUT2D eigenvalue weighted by molar-refractivity contribution is -0.128. The molecule has 2 saturated heterocycles. The third kappa shape index (κ3) is 5.11. The number of carbonyl (C=O) groups excluding carboxylic acids is 3. The summed E-state index contributed by atoms with van der Waals surface area (Å²) < 4.78 is 19.5. The van der Waals surface area contributed by atoms with Crippen molar-refractivity contribution in [2.75, 3.05) is 19.7 Å². The van der Waals surface area contributed by atoms with Gasteiger partial charge in [-0.2, -0.15) is 0 Å². The number of carbonyl (C=O) groups is 3. The van der Waals surface area contributed by atoms with Gasteiger partial charge >= 0.3 is 0 Å². The fraction of sp³-hybridized carbons (Fsp3) is 0.276. The van der Waals surface area contributed by atoms with Gasteiger partial charge in [-0.1, -0.05) is 48.5 Å². The van der Waals surface area contributed by atoms with E-state index in [9.17, 15) is 18.8 Å². The van der Waals surface area contributed by atoms with Crippen molar-refractivity contribution in [2.24, 2.45) is 0 Å². The highest BCUT2D eigenvalue weighted by Gasteiger charge is 2.54. The molecule has 3 aromatic carbocycles. The van der Waals surface area contributed by atoms with Crippen molar-refractivity contribution < 1.29 is 23.5 Å². The predicted octanol–water partition coefficient (Wildman–Crippen LogP) is 3.62. The number of ether oxygens (including phenoxy) is 1. The van der Waals surface area contributed by atoms with Crippen LogP contribution in [0, 0.1) is 5.82 Å². The van der Waals surface area contributed by atoms with Crippen molar-refractivity contribution >= 4 is 17.7 Å². The summed E-state index contributed by atoms with van der Waals surface area (Å²) in [4.78, 5) is 43.2. The van der Waals surface area contributed by atoms with Crippen LogP contribution in [0.4, 0.5) is 4.39 Å². The first kappa shape index (κ1) is 24.6. The van der Waals surface area contributed by atoms with Gasteiger partial charge in [0.1, 0.15) is 17.6 Å². The van der Waals surface area contributed by atoms with E-state index in [0.29, 0.717) is 43.6 Å². The number of nitrogens with zero attached hydrogens (tertiary/aromatic N) is 2. The Labute approximate surface area is 214 Å². The van der Waals surface area contributed by atoms with Crippen LogP contribution in [0.3, 0.4) is 0 Å². The first-order chi connectivity index (χ1) is 18.0. The van der Waals surface area contributed by atoms with Crippen LogP contribution in [0.1, 0.15) is 39.1 Å². The van der Waals surface area contributed by atoms with Gasteiger partial charge < -0.3 is 15.0 Å². The molecule has 2 aliphatic rings. The van der Waals surface area contributed by atoms with Gasteiger partial charge in [-0.3, -0.25) is 19.3 Å². The van der Waals surface area contributed by atoms with Crippen LogP contribution in [-0.4, -0.2) is 59.0 Å². The maximum Gasteiger partial charge on any atom is 0.256 e. The Morgan fingerprint density at radius 2 is 1.43 bits per heavy atom. The molecule has 7 nitrogen and oxygen atoms in total. The Bertz CT molecular complexity index is 1260. The predicted molar refractivity (Wildman–Crippen MR) is 135 cm³/mol.